The third kappa shape index (κ3) is 3.77. The average Bonchev–Trinajstić information content (AvgIpc) is 2.42. The van der Waals surface area contributed by atoms with Crippen LogP contribution in [-0.2, 0) is 9.53 Å². The molecule has 0 aromatic heterocycles. The van der Waals surface area contributed by atoms with Crippen LogP contribution in [0.1, 0.15) is 36.0 Å². The second-order valence-corrected chi connectivity index (χ2v) is 4.74. The van der Waals surface area contributed by atoms with Crippen molar-refractivity contribution < 1.29 is 23.8 Å². The maximum atomic E-state index is 13.5. The molecular weight excluding hydrogens is 265 g/mol. The molecule has 1 fully saturated rings. The lowest BCUT2D eigenvalue weighted by molar-refractivity contribution is -0.119. The Kier molecular flexibility index (Phi) is 4.68. The fraction of sp³-hybridized carbons (Fsp3) is 0.429. The zero-order valence-corrected chi connectivity index (χ0v) is 10.9. The topological polar surface area (TPSA) is 75.6 Å². The van der Waals surface area contributed by atoms with E-state index in [-0.39, 0.29) is 29.7 Å². The predicted octanol–water partition coefficient (Wildman–Crippen LogP) is 2.42. The average molecular weight is 281 g/mol. The molecule has 1 heterocycles. The molecule has 5 nitrogen and oxygen atoms in total. The van der Waals surface area contributed by atoms with Gasteiger partial charge in [0.25, 0.3) is 0 Å². The number of carboxylic acid groups (broad SMARTS) is 1. The number of ether oxygens (including phenoxy) is 1. The highest BCUT2D eigenvalue weighted by molar-refractivity contribution is 5.94. The molecule has 1 aromatic rings. The van der Waals surface area contributed by atoms with Crippen LogP contribution in [0.4, 0.5) is 10.1 Å². The number of hydrogen-bond donors (Lipinski definition) is 2. The van der Waals surface area contributed by atoms with Gasteiger partial charge in [0.15, 0.2) is 0 Å². The van der Waals surface area contributed by atoms with Gasteiger partial charge in [-0.25, -0.2) is 9.18 Å². The Balaban J connectivity index is 1.99. The number of amides is 1. The van der Waals surface area contributed by atoms with Crippen molar-refractivity contribution in [3.8, 4) is 0 Å². The molecule has 20 heavy (non-hydrogen) atoms. The van der Waals surface area contributed by atoms with Gasteiger partial charge in [-0.15, -0.1) is 0 Å². The standard InChI is InChI=1S/C14H16FNO4/c15-11-5-4-9(14(18)19)7-12(11)16-13(17)8-10-3-1-2-6-20-10/h4-5,7,10H,1-3,6,8H2,(H,16,17)(H,18,19). The van der Waals surface area contributed by atoms with E-state index in [1.165, 1.54) is 0 Å². The maximum absolute atomic E-state index is 13.5. The van der Waals surface area contributed by atoms with Gasteiger partial charge in [0.2, 0.25) is 5.91 Å². The summed E-state index contributed by atoms with van der Waals surface area (Å²) >= 11 is 0. The van der Waals surface area contributed by atoms with E-state index in [0.29, 0.717) is 6.61 Å². The van der Waals surface area contributed by atoms with Gasteiger partial charge < -0.3 is 15.2 Å². The lowest BCUT2D eigenvalue weighted by Gasteiger charge is -2.22. The highest BCUT2D eigenvalue weighted by Crippen LogP contribution is 2.19. The minimum Gasteiger partial charge on any atom is -0.478 e. The molecule has 2 N–H and O–H groups in total. The van der Waals surface area contributed by atoms with Gasteiger partial charge >= 0.3 is 5.97 Å². The molecule has 0 saturated carbocycles. The molecule has 1 atom stereocenters. The largest absolute Gasteiger partial charge is 0.478 e. The molecule has 0 spiro atoms. The third-order valence-electron chi connectivity index (χ3n) is 3.17. The molecule has 1 unspecified atom stereocenters. The van der Waals surface area contributed by atoms with Crippen molar-refractivity contribution in [2.75, 3.05) is 11.9 Å². The fourth-order valence-corrected chi connectivity index (χ4v) is 2.13. The van der Waals surface area contributed by atoms with Crippen LogP contribution in [0.3, 0.4) is 0 Å². The molecule has 0 radical (unpaired) electrons. The zero-order valence-electron chi connectivity index (χ0n) is 10.9. The molecule has 1 aliphatic rings. The first-order chi connectivity index (χ1) is 9.56. The third-order valence-corrected chi connectivity index (χ3v) is 3.17. The van der Waals surface area contributed by atoms with Crippen molar-refractivity contribution in [1.82, 2.24) is 0 Å². The minimum absolute atomic E-state index is 0.0735. The summed E-state index contributed by atoms with van der Waals surface area (Å²) in [5.74, 6) is -2.21. The molecule has 1 saturated heterocycles. The number of carbonyl (C=O) groups is 2. The lowest BCUT2D eigenvalue weighted by atomic mass is 10.1. The first-order valence-electron chi connectivity index (χ1n) is 6.50. The van der Waals surface area contributed by atoms with Crippen LogP contribution in [0.15, 0.2) is 18.2 Å². The van der Waals surface area contributed by atoms with Crippen molar-refractivity contribution in [3.63, 3.8) is 0 Å². The summed E-state index contributed by atoms with van der Waals surface area (Å²) in [5.41, 5.74) is -0.193. The van der Waals surface area contributed by atoms with E-state index in [1.54, 1.807) is 0 Å². The molecule has 2 rings (SSSR count). The van der Waals surface area contributed by atoms with E-state index in [4.69, 9.17) is 9.84 Å². The number of anilines is 1. The fourth-order valence-electron chi connectivity index (χ4n) is 2.13. The summed E-state index contributed by atoms with van der Waals surface area (Å²) in [6.45, 7) is 0.640. The number of nitrogens with one attached hydrogen (secondary N) is 1. The Morgan fingerprint density at radius 2 is 2.20 bits per heavy atom. The number of carboxylic acids is 1. The molecule has 0 bridgehead atoms. The Morgan fingerprint density at radius 1 is 1.40 bits per heavy atom. The highest BCUT2D eigenvalue weighted by atomic mass is 19.1. The first kappa shape index (κ1) is 14.5. The van der Waals surface area contributed by atoms with Crippen molar-refractivity contribution in [2.45, 2.75) is 31.8 Å². The van der Waals surface area contributed by atoms with Crippen molar-refractivity contribution in [2.24, 2.45) is 0 Å². The van der Waals surface area contributed by atoms with Gasteiger partial charge in [0, 0.05) is 6.61 Å². The Bertz CT molecular complexity index is 512. The monoisotopic (exact) mass is 281 g/mol. The first-order valence-corrected chi connectivity index (χ1v) is 6.50. The van der Waals surface area contributed by atoms with E-state index in [1.807, 2.05) is 0 Å². The number of benzene rings is 1. The summed E-state index contributed by atoms with van der Waals surface area (Å²) in [6, 6.07) is 3.28. The van der Waals surface area contributed by atoms with Crippen molar-refractivity contribution in [3.05, 3.63) is 29.6 Å². The summed E-state index contributed by atoms with van der Waals surface area (Å²) in [7, 11) is 0. The molecule has 108 valence electrons. The maximum Gasteiger partial charge on any atom is 0.335 e. The van der Waals surface area contributed by atoms with Crippen molar-refractivity contribution in [1.29, 1.82) is 0 Å². The minimum atomic E-state index is -1.17. The lowest BCUT2D eigenvalue weighted by Crippen LogP contribution is -2.25. The number of rotatable bonds is 4. The van der Waals surface area contributed by atoms with Crippen LogP contribution >= 0.6 is 0 Å². The van der Waals surface area contributed by atoms with Crippen molar-refractivity contribution >= 4 is 17.6 Å². The summed E-state index contributed by atoms with van der Waals surface area (Å²) in [4.78, 5) is 22.6. The Hall–Kier alpha value is -1.95. The summed E-state index contributed by atoms with van der Waals surface area (Å²) < 4.78 is 19.0. The van der Waals surface area contributed by atoms with E-state index < -0.39 is 11.8 Å². The van der Waals surface area contributed by atoms with E-state index >= 15 is 0 Å². The van der Waals surface area contributed by atoms with Crippen LogP contribution in [0.2, 0.25) is 0 Å². The quantitative estimate of drug-likeness (QED) is 0.888. The predicted molar refractivity (Wildman–Crippen MR) is 70.2 cm³/mol. The Labute approximate surface area is 115 Å². The van der Waals surface area contributed by atoms with Gasteiger partial charge in [-0.1, -0.05) is 0 Å². The molecule has 0 aliphatic carbocycles. The summed E-state index contributed by atoms with van der Waals surface area (Å²) in [6.07, 6.45) is 2.82. The molecular formula is C14H16FNO4. The number of halogens is 1. The van der Waals surface area contributed by atoms with E-state index in [2.05, 4.69) is 5.32 Å². The van der Waals surface area contributed by atoms with Crippen LogP contribution in [0, 0.1) is 5.82 Å². The number of carbonyl (C=O) groups excluding carboxylic acids is 1. The zero-order chi connectivity index (χ0) is 14.5. The van der Waals surface area contributed by atoms with Gasteiger partial charge in [-0.3, -0.25) is 4.79 Å². The SMILES string of the molecule is O=C(CC1CCCCO1)Nc1cc(C(=O)O)ccc1F. The van der Waals surface area contributed by atoms with Crippen LogP contribution < -0.4 is 5.32 Å². The Morgan fingerprint density at radius 3 is 2.85 bits per heavy atom. The second kappa shape index (κ2) is 6.47. The molecule has 1 aliphatic heterocycles. The van der Waals surface area contributed by atoms with Gasteiger partial charge in [-0.2, -0.15) is 0 Å². The second-order valence-electron chi connectivity index (χ2n) is 4.74. The number of aromatic carboxylic acids is 1. The molecule has 6 heteroatoms. The molecule has 1 amide bonds. The van der Waals surface area contributed by atoms with Crippen LogP contribution in [0.5, 0.6) is 0 Å². The van der Waals surface area contributed by atoms with Gasteiger partial charge in [-0.05, 0) is 37.5 Å². The van der Waals surface area contributed by atoms with E-state index in [9.17, 15) is 14.0 Å². The smallest absolute Gasteiger partial charge is 0.335 e. The summed E-state index contributed by atoms with van der Waals surface area (Å²) in [5, 5.41) is 11.2. The number of hydrogen-bond acceptors (Lipinski definition) is 3. The normalized spacial score (nSPS) is 18.6. The van der Waals surface area contributed by atoms with Gasteiger partial charge in [0.1, 0.15) is 5.82 Å². The van der Waals surface area contributed by atoms with Crippen LogP contribution in [-0.4, -0.2) is 29.7 Å². The van der Waals surface area contributed by atoms with Gasteiger partial charge in [0.05, 0.1) is 23.8 Å². The van der Waals surface area contributed by atoms with E-state index in [0.717, 1.165) is 37.5 Å². The van der Waals surface area contributed by atoms with Crippen LogP contribution in [0.25, 0.3) is 0 Å². The highest BCUT2D eigenvalue weighted by Gasteiger charge is 2.18. The molecule has 1 aromatic carbocycles.